The second-order valence-electron chi connectivity index (χ2n) is 5.65. The van der Waals surface area contributed by atoms with E-state index in [0.717, 1.165) is 9.37 Å². The summed E-state index contributed by atoms with van der Waals surface area (Å²) >= 11 is 3.34. The van der Waals surface area contributed by atoms with Gasteiger partial charge in [0.15, 0.2) is 0 Å². The molecule has 110 valence electrons. The summed E-state index contributed by atoms with van der Waals surface area (Å²) in [5.74, 6) is -0.672. The van der Waals surface area contributed by atoms with E-state index < -0.39 is 43.4 Å². The maximum Gasteiger partial charge on any atom is 0.410 e. The topological polar surface area (TPSA) is 29.5 Å². The van der Waals surface area contributed by atoms with Crippen LogP contribution in [-0.4, -0.2) is 29.6 Å². The summed E-state index contributed by atoms with van der Waals surface area (Å²) in [6.07, 6.45) is -2.88. The van der Waals surface area contributed by atoms with E-state index in [9.17, 15) is 4.79 Å². The number of hydrogen-bond donors (Lipinski definition) is 0. The summed E-state index contributed by atoms with van der Waals surface area (Å²) in [6.45, 7) is 2.70. The maximum atomic E-state index is 12.4. The van der Waals surface area contributed by atoms with Crippen LogP contribution in [0.3, 0.4) is 0 Å². The third-order valence-electron chi connectivity index (χ3n) is 2.75. The Balaban J connectivity index is 2.35. The Labute approximate surface area is 135 Å². The first-order chi connectivity index (χ1) is 11.0. The highest BCUT2D eigenvalue weighted by atomic mass is 79.9. The smallest absolute Gasteiger partial charge is 0.410 e. The van der Waals surface area contributed by atoms with Crippen LogP contribution < -0.4 is 0 Å². The third kappa shape index (κ3) is 4.23. The zero-order chi connectivity index (χ0) is 18.2. The summed E-state index contributed by atoms with van der Waals surface area (Å²) in [7, 11) is 0. The zero-order valence-electron chi connectivity index (χ0n) is 15.8. The predicted molar refractivity (Wildman–Crippen MR) is 83.9 cm³/mol. The first-order valence-corrected chi connectivity index (χ1v) is 7.28. The molecule has 4 heteroatoms. The molecule has 2 rings (SSSR count). The first-order valence-electron chi connectivity index (χ1n) is 8.79. The van der Waals surface area contributed by atoms with Gasteiger partial charge in [0.25, 0.3) is 0 Å². The lowest BCUT2D eigenvalue weighted by atomic mass is 9.91. The van der Waals surface area contributed by atoms with Crippen LogP contribution in [0.2, 0.25) is 0 Å². The van der Waals surface area contributed by atoms with Crippen molar-refractivity contribution in [3.05, 3.63) is 34.3 Å². The van der Waals surface area contributed by atoms with E-state index in [0.29, 0.717) is 5.56 Å². The normalized spacial score (nSPS) is 37.4. The molecule has 5 atom stereocenters. The van der Waals surface area contributed by atoms with Crippen LogP contribution in [0.15, 0.2) is 28.7 Å². The lowest BCUT2D eigenvalue weighted by molar-refractivity contribution is 0.0198. The average molecular weight is 344 g/mol. The Hall–Kier alpha value is -1.03. The fourth-order valence-electron chi connectivity index (χ4n) is 1.85. The van der Waals surface area contributed by atoms with Crippen LogP contribution in [0.1, 0.15) is 50.5 Å². The molecule has 0 radical (unpaired) electrons. The second-order valence-corrected chi connectivity index (χ2v) is 6.56. The molecule has 1 aromatic rings. The number of likely N-dealkylation sites (tertiary alicyclic amines) is 1. The van der Waals surface area contributed by atoms with Crippen LogP contribution in [0.25, 0.3) is 0 Å². The SMILES string of the molecule is [2H]C1C([2H])C([2H])N(C(=O)OC(C)(C)C)C([2H])C1c1ccc(Br)cc1. The van der Waals surface area contributed by atoms with E-state index in [1.165, 1.54) is 0 Å². The fraction of sp³-hybridized carbons (Fsp3) is 0.562. The van der Waals surface area contributed by atoms with Crippen LogP contribution in [0.4, 0.5) is 4.79 Å². The summed E-state index contributed by atoms with van der Waals surface area (Å²) in [5, 5.41) is 0. The molecular weight excluding hydrogens is 318 g/mol. The largest absolute Gasteiger partial charge is 0.444 e. The molecule has 1 aliphatic rings. The molecule has 5 unspecified atom stereocenters. The standard InChI is InChI=1S/C16H22BrNO2/c1-16(2,3)20-15(19)18-10-4-5-13(11-18)12-6-8-14(17)9-7-12/h6-9,13H,4-5,10-11H2,1-3H3/i4D,5D,10D,11D. The number of rotatable bonds is 1. The van der Waals surface area contributed by atoms with Gasteiger partial charge in [0.2, 0.25) is 0 Å². The van der Waals surface area contributed by atoms with Crippen molar-refractivity contribution in [3.8, 4) is 0 Å². The van der Waals surface area contributed by atoms with Gasteiger partial charge in [-0.25, -0.2) is 4.79 Å². The van der Waals surface area contributed by atoms with Gasteiger partial charge in [0.1, 0.15) is 5.60 Å². The summed E-state index contributed by atoms with van der Waals surface area (Å²) in [4.78, 5) is 13.4. The van der Waals surface area contributed by atoms with Gasteiger partial charge in [-0.05, 0) is 51.3 Å². The monoisotopic (exact) mass is 343 g/mol. The molecule has 0 aromatic heterocycles. The van der Waals surface area contributed by atoms with E-state index in [1.807, 2.05) is 0 Å². The van der Waals surface area contributed by atoms with Crippen LogP contribution in [0, 0.1) is 0 Å². The number of halogens is 1. The highest BCUT2D eigenvalue weighted by molar-refractivity contribution is 9.10. The van der Waals surface area contributed by atoms with Crippen molar-refractivity contribution >= 4 is 22.0 Å². The van der Waals surface area contributed by atoms with Crippen LogP contribution in [0.5, 0.6) is 0 Å². The van der Waals surface area contributed by atoms with Crippen LogP contribution in [-0.2, 0) is 4.74 Å². The summed E-state index contributed by atoms with van der Waals surface area (Å²) < 4.78 is 39.2. The highest BCUT2D eigenvalue weighted by Crippen LogP contribution is 2.28. The first kappa shape index (κ1) is 10.7. The molecule has 0 N–H and O–H groups in total. The van der Waals surface area contributed by atoms with E-state index in [2.05, 4.69) is 15.9 Å². The fourth-order valence-corrected chi connectivity index (χ4v) is 2.12. The Morgan fingerprint density at radius 1 is 1.40 bits per heavy atom. The number of ether oxygens (including phenoxy) is 1. The number of benzene rings is 1. The van der Waals surface area contributed by atoms with Gasteiger partial charge in [0, 0.05) is 27.5 Å². The number of amides is 1. The molecule has 1 heterocycles. The minimum atomic E-state index is -1.29. The Morgan fingerprint density at radius 3 is 2.65 bits per heavy atom. The van der Waals surface area contributed by atoms with Crippen molar-refractivity contribution in [2.24, 2.45) is 0 Å². The lowest BCUT2D eigenvalue weighted by Crippen LogP contribution is -2.42. The number of carbonyl (C=O) groups is 1. The number of carbonyl (C=O) groups excluding carboxylic acids is 1. The van der Waals surface area contributed by atoms with E-state index in [1.54, 1.807) is 45.0 Å². The van der Waals surface area contributed by atoms with Crippen molar-refractivity contribution in [2.45, 2.75) is 45.1 Å². The van der Waals surface area contributed by atoms with Gasteiger partial charge in [-0.2, -0.15) is 0 Å². The molecule has 1 fully saturated rings. The predicted octanol–water partition coefficient (Wildman–Crippen LogP) is 4.56. The summed E-state index contributed by atoms with van der Waals surface area (Å²) in [5.41, 5.74) is -0.0465. The van der Waals surface area contributed by atoms with Gasteiger partial charge >= 0.3 is 6.09 Å². The highest BCUT2D eigenvalue weighted by Gasteiger charge is 2.28. The van der Waals surface area contributed by atoms with Crippen molar-refractivity contribution in [2.75, 3.05) is 13.0 Å². The van der Waals surface area contributed by atoms with E-state index >= 15 is 0 Å². The molecule has 20 heavy (non-hydrogen) atoms. The molecule has 1 aromatic carbocycles. The molecule has 1 saturated heterocycles. The van der Waals surface area contributed by atoms with Gasteiger partial charge in [0.05, 0.1) is 1.37 Å². The zero-order valence-corrected chi connectivity index (χ0v) is 13.4. The second kappa shape index (κ2) is 6.17. The Morgan fingerprint density at radius 2 is 2.05 bits per heavy atom. The molecule has 0 saturated carbocycles. The number of piperidine rings is 1. The average Bonchev–Trinajstić information content (AvgIpc) is 2.45. The molecule has 0 spiro atoms. The van der Waals surface area contributed by atoms with Gasteiger partial charge in [-0.15, -0.1) is 0 Å². The molecule has 3 nitrogen and oxygen atoms in total. The van der Waals surface area contributed by atoms with Gasteiger partial charge in [-0.3, -0.25) is 0 Å². The third-order valence-corrected chi connectivity index (χ3v) is 3.27. The quantitative estimate of drug-likeness (QED) is 0.747. The number of nitrogens with zero attached hydrogens (tertiary/aromatic N) is 1. The minimum Gasteiger partial charge on any atom is -0.444 e. The molecule has 1 amide bonds. The summed E-state index contributed by atoms with van der Waals surface area (Å²) in [6, 6.07) is 7.17. The van der Waals surface area contributed by atoms with Crippen molar-refractivity contribution in [1.29, 1.82) is 0 Å². The number of hydrogen-bond acceptors (Lipinski definition) is 2. The molecular formula is C16H22BrNO2. The van der Waals surface area contributed by atoms with Gasteiger partial charge in [-0.1, -0.05) is 28.1 Å². The minimum absolute atomic E-state index is 0.672. The van der Waals surface area contributed by atoms with Crippen molar-refractivity contribution in [3.63, 3.8) is 0 Å². The molecule has 0 bridgehead atoms. The van der Waals surface area contributed by atoms with Gasteiger partial charge < -0.3 is 9.64 Å². The lowest BCUT2D eigenvalue weighted by Gasteiger charge is -2.34. The van der Waals surface area contributed by atoms with E-state index in [4.69, 9.17) is 10.2 Å². The van der Waals surface area contributed by atoms with Crippen molar-refractivity contribution in [1.82, 2.24) is 4.90 Å². The molecule has 0 aliphatic carbocycles. The van der Waals surface area contributed by atoms with Crippen LogP contribution >= 0.6 is 15.9 Å². The van der Waals surface area contributed by atoms with E-state index in [-0.39, 0.29) is 0 Å². The van der Waals surface area contributed by atoms with Crippen molar-refractivity contribution < 1.29 is 15.0 Å². The Bertz CT molecular complexity index is 593. The maximum absolute atomic E-state index is 12.4. The Kier molecular flexibility index (Phi) is 3.29. The molecule has 1 aliphatic heterocycles.